The van der Waals surface area contributed by atoms with Crippen molar-refractivity contribution in [1.29, 1.82) is 0 Å². The summed E-state index contributed by atoms with van der Waals surface area (Å²) < 4.78 is 12.1. The van der Waals surface area contributed by atoms with E-state index in [9.17, 15) is 9.59 Å². The van der Waals surface area contributed by atoms with Crippen molar-refractivity contribution in [1.82, 2.24) is 4.67 Å². The molecule has 0 saturated carbocycles. The van der Waals surface area contributed by atoms with E-state index in [2.05, 4.69) is 0 Å². The smallest absolute Gasteiger partial charge is 0.417 e. The van der Waals surface area contributed by atoms with Gasteiger partial charge in [-0.05, 0) is 39.8 Å². The molecule has 2 atom stereocenters. The third kappa shape index (κ3) is 3.10. The first-order valence-electron chi connectivity index (χ1n) is 6.39. The van der Waals surface area contributed by atoms with E-state index in [4.69, 9.17) is 9.26 Å². The maximum absolute atomic E-state index is 12.3. The van der Waals surface area contributed by atoms with Gasteiger partial charge in [0.25, 0.3) is 0 Å². The zero-order valence-corrected chi connectivity index (χ0v) is 12.9. The molecule has 0 spiro atoms. The molecule has 1 aliphatic heterocycles. The minimum Gasteiger partial charge on any atom is -0.443 e. The molecule has 20 heavy (non-hydrogen) atoms. The van der Waals surface area contributed by atoms with E-state index < -0.39 is 32.0 Å². The van der Waals surface area contributed by atoms with Gasteiger partial charge in [-0.3, -0.25) is 0 Å². The third-order valence-corrected chi connectivity index (χ3v) is 4.63. The highest BCUT2D eigenvalue weighted by Gasteiger charge is 2.46. The van der Waals surface area contributed by atoms with Crippen LogP contribution < -0.4 is 5.30 Å². The Hall–Kier alpha value is -1.61. The Bertz CT molecular complexity index is 512. The van der Waals surface area contributed by atoms with Gasteiger partial charge in [0.1, 0.15) is 11.6 Å². The van der Waals surface area contributed by atoms with Crippen molar-refractivity contribution in [3.8, 4) is 0 Å². The van der Waals surface area contributed by atoms with Crippen molar-refractivity contribution >= 4 is 25.7 Å². The number of carbonyl (C=O) groups is 2. The van der Waals surface area contributed by atoms with Crippen LogP contribution in [-0.2, 0) is 14.1 Å². The normalized spacial score (nSPS) is 22.6. The number of hydrogen-bond donors (Lipinski definition) is 0. The van der Waals surface area contributed by atoms with E-state index in [1.165, 1.54) is 4.67 Å². The van der Waals surface area contributed by atoms with E-state index in [0.717, 1.165) is 5.30 Å². The highest BCUT2D eigenvalue weighted by molar-refractivity contribution is 7.60. The van der Waals surface area contributed by atoms with Gasteiger partial charge in [0.15, 0.2) is 0 Å². The molecule has 1 unspecified atom stereocenters. The van der Waals surface area contributed by atoms with E-state index in [1.54, 1.807) is 27.7 Å². The maximum Gasteiger partial charge on any atom is 0.417 e. The molecular formula is C14H18NO4P. The Kier molecular flexibility index (Phi) is 4.00. The fourth-order valence-electron chi connectivity index (χ4n) is 1.74. The first kappa shape index (κ1) is 14.8. The van der Waals surface area contributed by atoms with Crippen LogP contribution in [0.5, 0.6) is 0 Å². The maximum atomic E-state index is 12.3. The molecule has 1 saturated heterocycles. The Morgan fingerprint density at radius 3 is 2.45 bits per heavy atom. The minimum absolute atomic E-state index is 0.397. The molecule has 5 nitrogen and oxygen atoms in total. The molecule has 0 aliphatic carbocycles. The van der Waals surface area contributed by atoms with Crippen LogP contribution in [-0.4, -0.2) is 28.4 Å². The van der Waals surface area contributed by atoms with Crippen molar-refractivity contribution in [3.63, 3.8) is 0 Å². The van der Waals surface area contributed by atoms with Crippen LogP contribution in [0.25, 0.3) is 0 Å². The fourth-order valence-corrected chi connectivity index (χ4v) is 3.53. The first-order chi connectivity index (χ1) is 9.29. The summed E-state index contributed by atoms with van der Waals surface area (Å²) in [6.45, 7) is 7.02. The molecule has 1 aliphatic rings. The van der Waals surface area contributed by atoms with E-state index >= 15 is 0 Å². The van der Waals surface area contributed by atoms with Crippen molar-refractivity contribution in [2.45, 2.75) is 39.3 Å². The standard InChI is InChI=1S/C14H18NO4P/c1-10-12(16)19-20(11-8-6-5-7-9-11)15(10)13(17)18-14(2,3)4/h5-10H,1-4H3/t10-,20?/m0/s1. The fraction of sp³-hybridized carbons (Fsp3) is 0.429. The van der Waals surface area contributed by atoms with Crippen LogP contribution in [0, 0.1) is 0 Å². The summed E-state index contributed by atoms with van der Waals surface area (Å²) in [4.78, 5) is 24.1. The lowest BCUT2D eigenvalue weighted by Gasteiger charge is -2.27. The number of carbonyl (C=O) groups excluding carboxylic acids is 2. The second-order valence-electron chi connectivity index (χ2n) is 5.52. The lowest BCUT2D eigenvalue weighted by atomic mass is 10.2. The number of ether oxygens (including phenoxy) is 1. The predicted octanol–water partition coefficient (Wildman–Crippen LogP) is 2.81. The van der Waals surface area contributed by atoms with Gasteiger partial charge in [0.2, 0.25) is 8.30 Å². The average Bonchev–Trinajstić information content (AvgIpc) is 2.65. The molecule has 0 N–H and O–H groups in total. The van der Waals surface area contributed by atoms with Crippen molar-refractivity contribution < 1.29 is 18.8 Å². The van der Waals surface area contributed by atoms with Gasteiger partial charge in [-0.25, -0.2) is 14.3 Å². The Morgan fingerprint density at radius 2 is 1.90 bits per heavy atom. The Labute approximate surface area is 119 Å². The van der Waals surface area contributed by atoms with Gasteiger partial charge in [-0.1, -0.05) is 18.2 Å². The second-order valence-corrected chi connectivity index (χ2v) is 7.20. The molecule has 0 bridgehead atoms. The molecule has 1 fully saturated rings. The van der Waals surface area contributed by atoms with Crippen LogP contribution >= 0.6 is 8.30 Å². The largest absolute Gasteiger partial charge is 0.443 e. The summed E-state index contributed by atoms with van der Waals surface area (Å²) in [5.41, 5.74) is -0.611. The Morgan fingerprint density at radius 1 is 1.30 bits per heavy atom. The lowest BCUT2D eigenvalue weighted by Crippen LogP contribution is -2.38. The van der Waals surface area contributed by atoms with Crippen molar-refractivity contribution in [2.24, 2.45) is 0 Å². The number of amides is 1. The van der Waals surface area contributed by atoms with Crippen molar-refractivity contribution in [2.75, 3.05) is 0 Å². The molecule has 6 heteroatoms. The zero-order valence-electron chi connectivity index (χ0n) is 12.0. The second kappa shape index (κ2) is 5.41. The van der Waals surface area contributed by atoms with Crippen LogP contribution in [0.1, 0.15) is 27.7 Å². The summed E-state index contributed by atoms with van der Waals surface area (Å²) in [6.07, 6.45) is -0.522. The summed E-state index contributed by atoms with van der Waals surface area (Å²) in [7, 11) is -1.47. The number of benzene rings is 1. The summed E-state index contributed by atoms with van der Waals surface area (Å²) in [5.74, 6) is -0.397. The van der Waals surface area contributed by atoms with Gasteiger partial charge < -0.3 is 9.26 Å². The molecule has 1 amide bonds. The number of hydrogen-bond acceptors (Lipinski definition) is 4. The van der Waals surface area contributed by atoms with Crippen molar-refractivity contribution in [3.05, 3.63) is 30.3 Å². The van der Waals surface area contributed by atoms with E-state index in [-0.39, 0.29) is 0 Å². The predicted molar refractivity (Wildman–Crippen MR) is 76.6 cm³/mol. The van der Waals surface area contributed by atoms with Crippen LogP contribution in [0.15, 0.2) is 30.3 Å². The SMILES string of the molecule is C[C@H]1C(=O)OP(c2ccccc2)N1C(=O)OC(C)(C)C. The molecule has 1 aromatic carbocycles. The quantitative estimate of drug-likeness (QED) is 0.748. The topological polar surface area (TPSA) is 55.8 Å². The van der Waals surface area contributed by atoms with Gasteiger partial charge >= 0.3 is 12.1 Å². The first-order valence-corrected chi connectivity index (χ1v) is 7.60. The zero-order chi connectivity index (χ0) is 14.9. The Balaban J connectivity index is 2.27. The molecule has 108 valence electrons. The molecule has 1 heterocycles. The lowest BCUT2D eigenvalue weighted by molar-refractivity contribution is -0.134. The van der Waals surface area contributed by atoms with Gasteiger partial charge in [0.05, 0.1) is 0 Å². The third-order valence-electron chi connectivity index (χ3n) is 2.64. The average molecular weight is 295 g/mol. The molecular weight excluding hydrogens is 277 g/mol. The van der Waals surface area contributed by atoms with Crippen LogP contribution in [0.2, 0.25) is 0 Å². The van der Waals surface area contributed by atoms with Gasteiger partial charge in [-0.15, -0.1) is 0 Å². The van der Waals surface area contributed by atoms with Crippen LogP contribution in [0.3, 0.4) is 0 Å². The molecule has 1 aromatic rings. The molecule has 0 aromatic heterocycles. The van der Waals surface area contributed by atoms with Gasteiger partial charge in [0, 0.05) is 5.30 Å². The summed E-state index contributed by atoms with van der Waals surface area (Å²) in [5, 5.41) is 0.811. The highest BCUT2D eigenvalue weighted by atomic mass is 31.2. The van der Waals surface area contributed by atoms with Gasteiger partial charge in [-0.2, -0.15) is 0 Å². The van der Waals surface area contributed by atoms with Crippen LogP contribution in [0.4, 0.5) is 4.79 Å². The van der Waals surface area contributed by atoms with E-state index in [1.807, 2.05) is 30.3 Å². The number of rotatable bonds is 1. The van der Waals surface area contributed by atoms with E-state index in [0.29, 0.717) is 0 Å². The monoisotopic (exact) mass is 295 g/mol. The molecule has 0 radical (unpaired) electrons. The number of nitrogens with zero attached hydrogens (tertiary/aromatic N) is 1. The summed E-state index contributed by atoms with van der Waals surface area (Å²) >= 11 is 0. The highest BCUT2D eigenvalue weighted by Crippen LogP contribution is 2.48. The summed E-state index contributed by atoms with van der Waals surface area (Å²) in [6, 6.07) is 8.63. The minimum atomic E-state index is -1.47. The molecule has 2 rings (SSSR count).